The number of sulfonamides is 1. The van der Waals surface area contributed by atoms with Crippen molar-refractivity contribution < 1.29 is 17.7 Å². The van der Waals surface area contributed by atoms with E-state index in [2.05, 4.69) is 10.5 Å². The Kier molecular flexibility index (Phi) is 7.65. The van der Waals surface area contributed by atoms with E-state index in [4.69, 9.17) is 4.52 Å². The van der Waals surface area contributed by atoms with Crippen molar-refractivity contribution in [2.45, 2.75) is 69.2 Å². The van der Waals surface area contributed by atoms with Gasteiger partial charge in [0.15, 0.2) is 10.7 Å². The van der Waals surface area contributed by atoms with Gasteiger partial charge >= 0.3 is 0 Å². The third-order valence-electron chi connectivity index (χ3n) is 6.61. The molecule has 0 spiro atoms. The highest BCUT2D eigenvalue weighted by Crippen LogP contribution is 2.29. The van der Waals surface area contributed by atoms with Gasteiger partial charge in [0.1, 0.15) is 5.69 Å². The van der Waals surface area contributed by atoms with E-state index in [-0.39, 0.29) is 35.1 Å². The van der Waals surface area contributed by atoms with E-state index in [1.165, 1.54) is 17.1 Å². The van der Waals surface area contributed by atoms with Crippen LogP contribution in [0.3, 0.4) is 0 Å². The number of hydrogen-bond donors (Lipinski definition) is 1. The van der Waals surface area contributed by atoms with Crippen molar-refractivity contribution in [2.24, 2.45) is 5.92 Å². The topological polar surface area (TPSA) is 92.5 Å². The maximum Gasteiger partial charge on any atom is 0.248 e. The molecule has 8 heteroatoms. The molecule has 4 rings (SSSR count). The molecule has 1 atom stereocenters. The SMILES string of the molecule is Cc1noc(C=Cc2ccccc2)c1S(=O)(=O)N1CCCC(C(=O)NC2CCCCCC2)C1. The van der Waals surface area contributed by atoms with E-state index in [0.29, 0.717) is 25.1 Å². The molecule has 2 heterocycles. The highest BCUT2D eigenvalue weighted by molar-refractivity contribution is 7.89. The van der Waals surface area contributed by atoms with Crippen LogP contribution < -0.4 is 5.32 Å². The van der Waals surface area contributed by atoms with Crippen LogP contribution in [0.25, 0.3) is 12.2 Å². The van der Waals surface area contributed by atoms with E-state index in [1.807, 2.05) is 30.3 Å². The lowest BCUT2D eigenvalue weighted by atomic mass is 9.97. The number of aryl methyl sites for hydroxylation is 1. The summed E-state index contributed by atoms with van der Waals surface area (Å²) in [6.45, 7) is 2.21. The number of amides is 1. The van der Waals surface area contributed by atoms with Crippen LogP contribution in [0, 0.1) is 12.8 Å². The van der Waals surface area contributed by atoms with Crippen LogP contribution in [-0.4, -0.2) is 42.9 Å². The monoisotopic (exact) mass is 471 g/mol. The van der Waals surface area contributed by atoms with Gasteiger partial charge in [0.25, 0.3) is 0 Å². The van der Waals surface area contributed by atoms with Crippen LogP contribution >= 0.6 is 0 Å². The molecule has 1 aliphatic carbocycles. The predicted molar refractivity (Wildman–Crippen MR) is 128 cm³/mol. The number of rotatable bonds is 6. The van der Waals surface area contributed by atoms with Crippen LogP contribution in [0.15, 0.2) is 39.8 Å². The average molecular weight is 472 g/mol. The number of carbonyl (C=O) groups excluding carboxylic acids is 1. The summed E-state index contributed by atoms with van der Waals surface area (Å²) in [6, 6.07) is 9.81. The fourth-order valence-electron chi connectivity index (χ4n) is 4.78. The molecular weight excluding hydrogens is 438 g/mol. The van der Waals surface area contributed by atoms with Gasteiger partial charge in [-0.05, 0) is 44.2 Å². The fraction of sp³-hybridized carbons (Fsp3) is 0.520. The van der Waals surface area contributed by atoms with Gasteiger partial charge in [-0.3, -0.25) is 4.79 Å². The number of hydrogen-bond acceptors (Lipinski definition) is 5. The molecular formula is C25H33N3O4S. The summed E-state index contributed by atoms with van der Waals surface area (Å²) in [5, 5.41) is 7.11. The van der Waals surface area contributed by atoms with Gasteiger partial charge in [0, 0.05) is 19.1 Å². The Morgan fingerprint density at radius 1 is 1.06 bits per heavy atom. The van der Waals surface area contributed by atoms with Crippen LogP contribution in [-0.2, 0) is 14.8 Å². The molecule has 2 fully saturated rings. The lowest BCUT2D eigenvalue weighted by molar-refractivity contribution is -0.126. The molecule has 33 heavy (non-hydrogen) atoms. The Bertz CT molecular complexity index is 1070. The van der Waals surface area contributed by atoms with E-state index < -0.39 is 10.0 Å². The molecule has 2 aromatic rings. The molecule has 1 aliphatic heterocycles. The van der Waals surface area contributed by atoms with Crippen molar-refractivity contribution in [3.8, 4) is 0 Å². The maximum absolute atomic E-state index is 13.6. The third kappa shape index (κ3) is 5.73. The molecule has 1 amide bonds. The van der Waals surface area contributed by atoms with Crippen molar-refractivity contribution in [3.63, 3.8) is 0 Å². The largest absolute Gasteiger partial charge is 0.355 e. The van der Waals surface area contributed by atoms with E-state index in [9.17, 15) is 13.2 Å². The molecule has 0 bridgehead atoms. The summed E-state index contributed by atoms with van der Waals surface area (Å²) in [5.74, 6) is -0.144. The smallest absolute Gasteiger partial charge is 0.248 e. The first kappa shape index (κ1) is 23.7. The summed E-state index contributed by atoms with van der Waals surface area (Å²) in [6.07, 6.45) is 11.6. The van der Waals surface area contributed by atoms with Crippen molar-refractivity contribution in [2.75, 3.05) is 13.1 Å². The van der Waals surface area contributed by atoms with Gasteiger partial charge in [0.2, 0.25) is 15.9 Å². The second kappa shape index (κ2) is 10.7. The highest BCUT2D eigenvalue weighted by atomic mass is 32.2. The van der Waals surface area contributed by atoms with Gasteiger partial charge in [-0.1, -0.05) is 67.2 Å². The Balaban J connectivity index is 1.48. The van der Waals surface area contributed by atoms with Gasteiger partial charge in [0.05, 0.1) is 5.92 Å². The number of piperidine rings is 1. The van der Waals surface area contributed by atoms with Crippen LogP contribution in [0.2, 0.25) is 0 Å². The minimum absolute atomic E-state index is 0.0203. The average Bonchev–Trinajstić information content (AvgIpc) is 3.02. The standard InChI is InChI=1S/C25H33N3O4S/c1-19-24(23(32-27-19)16-15-20-10-5-4-6-11-20)33(30,31)28-17-9-12-21(18-28)25(29)26-22-13-7-2-3-8-14-22/h4-6,10-11,15-16,21-22H,2-3,7-9,12-14,17-18H2,1H3,(H,26,29). The number of nitrogens with one attached hydrogen (secondary N) is 1. The van der Waals surface area contributed by atoms with Crippen LogP contribution in [0.4, 0.5) is 0 Å². The van der Waals surface area contributed by atoms with Crippen molar-refractivity contribution >= 4 is 28.1 Å². The Morgan fingerprint density at radius 3 is 2.52 bits per heavy atom. The normalized spacial score (nSPS) is 21.2. The Labute approximate surface area is 196 Å². The predicted octanol–water partition coefficient (Wildman–Crippen LogP) is 4.39. The lowest BCUT2D eigenvalue weighted by Gasteiger charge is -2.32. The molecule has 1 N–H and O–H groups in total. The number of aromatic nitrogens is 1. The minimum Gasteiger partial charge on any atom is -0.355 e. The molecule has 1 unspecified atom stereocenters. The summed E-state index contributed by atoms with van der Waals surface area (Å²) < 4.78 is 33.9. The maximum atomic E-state index is 13.6. The Morgan fingerprint density at radius 2 is 1.79 bits per heavy atom. The molecule has 0 radical (unpaired) electrons. The molecule has 1 saturated heterocycles. The Hall–Kier alpha value is -2.45. The van der Waals surface area contributed by atoms with E-state index in [0.717, 1.165) is 31.2 Å². The summed E-state index contributed by atoms with van der Waals surface area (Å²) in [7, 11) is -3.84. The van der Waals surface area contributed by atoms with Crippen molar-refractivity contribution in [3.05, 3.63) is 47.3 Å². The molecule has 1 saturated carbocycles. The van der Waals surface area contributed by atoms with Crippen LogP contribution in [0.1, 0.15) is 68.4 Å². The molecule has 178 valence electrons. The summed E-state index contributed by atoms with van der Waals surface area (Å²) in [4.78, 5) is 13.0. The fourth-order valence-corrected chi connectivity index (χ4v) is 6.56. The van der Waals surface area contributed by atoms with E-state index >= 15 is 0 Å². The van der Waals surface area contributed by atoms with E-state index in [1.54, 1.807) is 19.1 Å². The lowest BCUT2D eigenvalue weighted by Crippen LogP contribution is -2.47. The first-order valence-electron chi connectivity index (χ1n) is 11.9. The molecule has 1 aromatic carbocycles. The second-order valence-electron chi connectivity index (χ2n) is 9.10. The zero-order valence-electron chi connectivity index (χ0n) is 19.2. The number of benzene rings is 1. The second-order valence-corrected chi connectivity index (χ2v) is 11.0. The minimum atomic E-state index is -3.84. The summed E-state index contributed by atoms with van der Waals surface area (Å²) in [5.41, 5.74) is 1.26. The molecule has 2 aliphatic rings. The van der Waals surface area contributed by atoms with Gasteiger partial charge in [-0.2, -0.15) is 4.31 Å². The van der Waals surface area contributed by atoms with Gasteiger partial charge in [-0.15, -0.1) is 0 Å². The van der Waals surface area contributed by atoms with Gasteiger partial charge < -0.3 is 9.84 Å². The van der Waals surface area contributed by atoms with Crippen molar-refractivity contribution in [1.82, 2.24) is 14.8 Å². The zero-order chi connectivity index (χ0) is 23.3. The number of nitrogens with zero attached hydrogens (tertiary/aromatic N) is 2. The molecule has 7 nitrogen and oxygen atoms in total. The van der Waals surface area contributed by atoms with Crippen molar-refractivity contribution in [1.29, 1.82) is 0 Å². The quantitative estimate of drug-likeness (QED) is 0.631. The summed E-state index contributed by atoms with van der Waals surface area (Å²) >= 11 is 0. The molecule has 1 aromatic heterocycles. The highest BCUT2D eigenvalue weighted by Gasteiger charge is 2.37. The zero-order valence-corrected chi connectivity index (χ0v) is 20.0. The third-order valence-corrected chi connectivity index (χ3v) is 8.64. The van der Waals surface area contributed by atoms with Crippen LogP contribution in [0.5, 0.6) is 0 Å². The first-order valence-corrected chi connectivity index (χ1v) is 13.4. The number of carbonyl (C=O) groups is 1. The van der Waals surface area contributed by atoms with Gasteiger partial charge in [-0.25, -0.2) is 8.42 Å². The first-order chi connectivity index (χ1) is 15.9.